The third kappa shape index (κ3) is 1.92. The van der Waals surface area contributed by atoms with E-state index in [4.69, 9.17) is 14.7 Å². The molecule has 0 amide bonds. The zero-order chi connectivity index (χ0) is 10.7. The molecule has 0 saturated carbocycles. The molecular weight excluding hydrogens is 192 g/mol. The largest absolute Gasteiger partial charge is 0.480 e. The van der Waals surface area contributed by atoms with Crippen LogP contribution < -0.4 is 4.74 Å². The fraction of sp³-hybridized carbons (Fsp3) is 0.455. The van der Waals surface area contributed by atoms with Crippen LogP contribution in [0.3, 0.4) is 0 Å². The highest BCUT2D eigenvalue weighted by atomic mass is 16.5. The maximum Gasteiger partial charge on any atom is 0.231 e. The first-order chi connectivity index (χ1) is 7.35. The zero-order valence-electron chi connectivity index (χ0n) is 8.56. The molecule has 4 heteroatoms. The molecule has 1 fully saturated rings. The molecule has 2 rings (SSSR count). The third-order valence-corrected chi connectivity index (χ3v) is 2.54. The van der Waals surface area contributed by atoms with Crippen molar-refractivity contribution in [2.75, 3.05) is 20.3 Å². The van der Waals surface area contributed by atoms with Crippen molar-refractivity contribution in [3.63, 3.8) is 0 Å². The fourth-order valence-electron chi connectivity index (χ4n) is 1.69. The van der Waals surface area contributed by atoms with Gasteiger partial charge in [0.05, 0.1) is 13.7 Å². The number of nitriles is 1. The van der Waals surface area contributed by atoms with Gasteiger partial charge in [-0.05, 0) is 18.6 Å². The van der Waals surface area contributed by atoms with Gasteiger partial charge in [0.2, 0.25) is 5.88 Å². The second kappa shape index (κ2) is 4.28. The van der Waals surface area contributed by atoms with E-state index in [0.29, 0.717) is 24.0 Å². The fourth-order valence-corrected chi connectivity index (χ4v) is 1.69. The van der Waals surface area contributed by atoms with Crippen LogP contribution in [0.15, 0.2) is 12.1 Å². The lowest BCUT2D eigenvalue weighted by molar-refractivity contribution is 0.193. The van der Waals surface area contributed by atoms with Crippen LogP contribution in [0.5, 0.6) is 5.88 Å². The van der Waals surface area contributed by atoms with Gasteiger partial charge in [0.15, 0.2) is 0 Å². The highest BCUT2D eigenvalue weighted by Crippen LogP contribution is 2.26. The van der Waals surface area contributed by atoms with Crippen molar-refractivity contribution in [1.82, 2.24) is 4.98 Å². The maximum atomic E-state index is 8.81. The molecule has 1 aromatic rings. The lowest BCUT2D eigenvalue weighted by Crippen LogP contribution is -2.03. The molecule has 1 aliphatic rings. The van der Waals surface area contributed by atoms with Crippen molar-refractivity contribution in [3.8, 4) is 11.9 Å². The van der Waals surface area contributed by atoms with E-state index in [9.17, 15) is 0 Å². The second-order valence-corrected chi connectivity index (χ2v) is 3.47. The summed E-state index contributed by atoms with van der Waals surface area (Å²) >= 11 is 0. The van der Waals surface area contributed by atoms with E-state index in [0.717, 1.165) is 18.7 Å². The number of nitrogens with zero attached hydrogens (tertiary/aromatic N) is 2. The summed E-state index contributed by atoms with van der Waals surface area (Å²) in [6.45, 7) is 1.50. The van der Waals surface area contributed by atoms with Gasteiger partial charge >= 0.3 is 0 Å². The number of methoxy groups -OCH3 is 1. The van der Waals surface area contributed by atoms with Crippen LogP contribution in [0, 0.1) is 11.3 Å². The van der Waals surface area contributed by atoms with Gasteiger partial charge in [-0.15, -0.1) is 0 Å². The van der Waals surface area contributed by atoms with Crippen LogP contribution >= 0.6 is 0 Å². The average Bonchev–Trinajstić information content (AvgIpc) is 2.81. The first kappa shape index (κ1) is 9.94. The Bertz CT molecular complexity index is 392. The van der Waals surface area contributed by atoms with Crippen molar-refractivity contribution in [2.24, 2.45) is 0 Å². The minimum atomic E-state index is 0.339. The van der Waals surface area contributed by atoms with E-state index in [1.54, 1.807) is 6.07 Å². The van der Waals surface area contributed by atoms with Crippen LogP contribution in [0.2, 0.25) is 0 Å². The quantitative estimate of drug-likeness (QED) is 0.732. The summed E-state index contributed by atoms with van der Waals surface area (Å²) in [5.41, 5.74) is 1.42. The monoisotopic (exact) mass is 204 g/mol. The smallest absolute Gasteiger partial charge is 0.231 e. The molecular formula is C11H12N2O2. The van der Waals surface area contributed by atoms with E-state index in [-0.39, 0.29) is 0 Å². The summed E-state index contributed by atoms with van der Waals surface area (Å²) in [6.07, 6.45) is 0.988. The summed E-state index contributed by atoms with van der Waals surface area (Å²) in [7, 11) is 1.53. The Morgan fingerprint density at radius 2 is 2.47 bits per heavy atom. The summed E-state index contributed by atoms with van der Waals surface area (Å²) in [5.74, 6) is 0.744. The van der Waals surface area contributed by atoms with E-state index in [1.165, 1.54) is 7.11 Å². The lowest BCUT2D eigenvalue weighted by Gasteiger charge is -2.09. The van der Waals surface area contributed by atoms with Crippen molar-refractivity contribution in [3.05, 3.63) is 23.4 Å². The zero-order valence-corrected chi connectivity index (χ0v) is 8.56. The van der Waals surface area contributed by atoms with Crippen molar-refractivity contribution in [2.45, 2.75) is 12.3 Å². The molecule has 1 aliphatic heterocycles. The Labute approximate surface area is 88.5 Å². The molecule has 2 heterocycles. The van der Waals surface area contributed by atoms with Gasteiger partial charge in [-0.1, -0.05) is 0 Å². The molecule has 0 aliphatic carbocycles. The number of rotatable bonds is 2. The Morgan fingerprint density at radius 1 is 1.60 bits per heavy atom. The topological polar surface area (TPSA) is 55.1 Å². The molecule has 78 valence electrons. The van der Waals surface area contributed by atoms with Crippen molar-refractivity contribution < 1.29 is 9.47 Å². The summed E-state index contributed by atoms with van der Waals surface area (Å²) < 4.78 is 10.4. The molecule has 0 bridgehead atoms. The maximum absolute atomic E-state index is 8.81. The average molecular weight is 204 g/mol. The summed E-state index contributed by atoms with van der Waals surface area (Å²) in [6, 6.07) is 5.67. The Morgan fingerprint density at radius 3 is 3.07 bits per heavy atom. The van der Waals surface area contributed by atoms with Gasteiger partial charge < -0.3 is 9.47 Å². The number of aromatic nitrogens is 1. The highest BCUT2D eigenvalue weighted by molar-refractivity contribution is 5.39. The Kier molecular flexibility index (Phi) is 2.84. The molecule has 0 spiro atoms. The standard InChI is InChI=1S/C11H12N2O2/c1-14-11-8(6-12)2-3-10(13-11)9-4-5-15-7-9/h2-3,9H,4-5,7H2,1H3. The van der Waals surface area contributed by atoms with Gasteiger partial charge in [0.1, 0.15) is 11.6 Å². The first-order valence-electron chi connectivity index (χ1n) is 4.88. The predicted octanol–water partition coefficient (Wildman–Crippen LogP) is 1.47. The van der Waals surface area contributed by atoms with Gasteiger partial charge in [-0.3, -0.25) is 0 Å². The van der Waals surface area contributed by atoms with Crippen LogP contribution in [0.25, 0.3) is 0 Å². The molecule has 1 saturated heterocycles. The van der Waals surface area contributed by atoms with Crippen LogP contribution in [-0.2, 0) is 4.74 Å². The minimum Gasteiger partial charge on any atom is -0.480 e. The van der Waals surface area contributed by atoms with Crippen LogP contribution in [0.4, 0.5) is 0 Å². The minimum absolute atomic E-state index is 0.339. The van der Waals surface area contributed by atoms with E-state index >= 15 is 0 Å². The summed E-state index contributed by atoms with van der Waals surface area (Å²) in [4.78, 5) is 4.32. The first-order valence-corrected chi connectivity index (χ1v) is 4.88. The van der Waals surface area contributed by atoms with Crippen LogP contribution in [-0.4, -0.2) is 25.3 Å². The third-order valence-electron chi connectivity index (χ3n) is 2.54. The molecule has 0 radical (unpaired) electrons. The Balaban J connectivity index is 2.30. The number of hydrogen-bond acceptors (Lipinski definition) is 4. The van der Waals surface area contributed by atoms with E-state index in [1.807, 2.05) is 12.1 Å². The highest BCUT2D eigenvalue weighted by Gasteiger charge is 2.20. The normalized spacial score (nSPS) is 19.9. The SMILES string of the molecule is COc1nc(C2CCOC2)ccc1C#N. The number of ether oxygens (including phenoxy) is 2. The van der Waals surface area contributed by atoms with E-state index < -0.39 is 0 Å². The van der Waals surface area contributed by atoms with Gasteiger partial charge in [0, 0.05) is 18.2 Å². The summed E-state index contributed by atoms with van der Waals surface area (Å²) in [5, 5.41) is 8.81. The van der Waals surface area contributed by atoms with Crippen molar-refractivity contribution >= 4 is 0 Å². The van der Waals surface area contributed by atoms with Crippen LogP contribution in [0.1, 0.15) is 23.6 Å². The number of hydrogen-bond donors (Lipinski definition) is 0. The van der Waals surface area contributed by atoms with Gasteiger partial charge in [-0.25, -0.2) is 4.98 Å². The Hall–Kier alpha value is -1.60. The molecule has 1 aromatic heterocycles. The molecule has 4 nitrogen and oxygen atoms in total. The number of pyridine rings is 1. The predicted molar refractivity (Wildman–Crippen MR) is 53.7 cm³/mol. The van der Waals surface area contributed by atoms with Gasteiger partial charge in [-0.2, -0.15) is 5.26 Å². The second-order valence-electron chi connectivity index (χ2n) is 3.47. The van der Waals surface area contributed by atoms with E-state index in [2.05, 4.69) is 4.98 Å². The van der Waals surface area contributed by atoms with Crippen molar-refractivity contribution in [1.29, 1.82) is 5.26 Å². The molecule has 1 unspecified atom stereocenters. The molecule has 0 aromatic carbocycles. The lowest BCUT2D eigenvalue weighted by atomic mass is 10.0. The molecule has 1 atom stereocenters. The molecule has 15 heavy (non-hydrogen) atoms. The van der Waals surface area contributed by atoms with Gasteiger partial charge in [0.25, 0.3) is 0 Å². The molecule has 0 N–H and O–H groups in total.